The third-order valence-corrected chi connectivity index (χ3v) is 5.12. The molecule has 1 aliphatic heterocycles. The predicted octanol–water partition coefficient (Wildman–Crippen LogP) is 5.84. The molecular formula is C23H29FN2. The first-order chi connectivity index (χ1) is 12.6. The average molecular weight is 352 g/mol. The van der Waals surface area contributed by atoms with Crippen molar-refractivity contribution in [3.8, 4) is 17.2 Å². The monoisotopic (exact) mass is 352 g/mol. The Balaban J connectivity index is 0.00000117. The second-order valence-corrected chi connectivity index (χ2v) is 7.00. The molecule has 0 amide bonds. The maximum atomic E-state index is 14.5. The van der Waals surface area contributed by atoms with Gasteiger partial charge in [0.15, 0.2) is 0 Å². The molecular weight excluding hydrogens is 323 g/mol. The van der Waals surface area contributed by atoms with Crippen LogP contribution in [0, 0.1) is 16.7 Å². The summed E-state index contributed by atoms with van der Waals surface area (Å²) in [5.41, 5.74) is 3.12. The molecule has 2 atom stereocenters. The Morgan fingerprint density at radius 3 is 2.27 bits per heavy atom. The molecule has 0 radical (unpaired) electrons. The van der Waals surface area contributed by atoms with Crippen molar-refractivity contribution in [2.45, 2.75) is 46.3 Å². The molecule has 0 aromatic heterocycles. The number of benzene rings is 2. The van der Waals surface area contributed by atoms with Gasteiger partial charge in [-0.2, -0.15) is 5.26 Å². The van der Waals surface area contributed by atoms with E-state index in [4.69, 9.17) is 5.26 Å². The van der Waals surface area contributed by atoms with Gasteiger partial charge in [-0.3, -0.25) is 4.90 Å². The molecule has 1 saturated heterocycles. The fourth-order valence-electron chi connectivity index (χ4n) is 3.32. The molecule has 2 nitrogen and oxygen atoms in total. The van der Waals surface area contributed by atoms with E-state index >= 15 is 0 Å². The number of rotatable bonds is 4. The third-order valence-electron chi connectivity index (χ3n) is 5.12. The topological polar surface area (TPSA) is 27.0 Å². The van der Waals surface area contributed by atoms with E-state index in [2.05, 4.69) is 47.4 Å². The van der Waals surface area contributed by atoms with E-state index in [0.29, 0.717) is 13.0 Å². The molecule has 2 aromatic carbocycles. The summed E-state index contributed by atoms with van der Waals surface area (Å²) in [5.74, 6) is 0. The number of alkyl halides is 1. The second kappa shape index (κ2) is 9.50. The highest BCUT2D eigenvalue weighted by atomic mass is 19.1. The van der Waals surface area contributed by atoms with Crippen molar-refractivity contribution in [2.24, 2.45) is 5.41 Å². The highest BCUT2D eigenvalue weighted by Crippen LogP contribution is 2.36. The number of hydrogen-bond acceptors (Lipinski definition) is 2. The van der Waals surface area contributed by atoms with Gasteiger partial charge in [0.25, 0.3) is 0 Å². The Hall–Kier alpha value is -2.18. The van der Waals surface area contributed by atoms with Crippen LogP contribution in [0.1, 0.15) is 39.2 Å². The maximum Gasteiger partial charge on any atom is 0.119 e. The van der Waals surface area contributed by atoms with E-state index in [-0.39, 0.29) is 0 Å². The molecule has 0 aliphatic carbocycles. The van der Waals surface area contributed by atoms with Crippen molar-refractivity contribution in [1.82, 2.24) is 4.90 Å². The summed E-state index contributed by atoms with van der Waals surface area (Å²) in [7, 11) is 0. The van der Waals surface area contributed by atoms with E-state index in [1.807, 2.05) is 39.0 Å². The SMILES string of the molecule is CC.C[C@@]1(CC#N)CCN(Cc2ccc(-c3ccccc3)cc2)C[C@@H]1F. The van der Waals surface area contributed by atoms with Gasteiger partial charge in [0.2, 0.25) is 0 Å². The molecule has 1 aliphatic rings. The predicted molar refractivity (Wildman–Crippen MR) is 106 cm³/mol. The van der Waals surface area contributed by atoms with Gasteiger partial charge in [-0.05, 0) is 29.7 Å². The summed E-state index contributed by atoms with van der Waals surface area (Å²) < 4.78 is 14.5. The van der Waals surface area contributed by atoms with Gasteiger partial charge in [-0.15, -0.1) is 0 Å². The molecule has 3 heteroatoms. The van der Waals surface area contributed by atoms with E-state index in [0.717, 1.165) is 19.5 Å². The number of halogens is 1. The minimum Gasteiger partial charge on any atom is -0.296 e. The quantitative estimate of drug-likeness (QED) is 0.691. The minimum atomic E-state index is -0.936. The van der Waals surface area contributed by atoms with Gasteiger partial charge in [-0.25, -0.2) is 4.39 Å². The van der Waals surface area contributed by atoms with Crippen molar-refractivity contribution in [3.63, 3.8) is 0 Å². The molecule has 2 aromatic rings. The molecule has 0 N–H and O–H groups in total. The van der Waals surface area contributed by atoms with E-state index in [9.17, 15) is 4.39 Å². The fraction of sp³-hybridized carbons (Fsp3) is 0.435. The van der Waals surface area contributed by atoms with Crippen LogP contribution < -0.4 is 0 Å². The Labute approximate surface area is 157 Å². The smallest absolute Gasteiger partial charge is 0.119 e. The lowest BCUT2D eigenvalue weighted by Crippen LogP contribution is -2.47. The molecule has 1 fully saturated rings. The van der Waals surface area contributed by atoms with E-state index in [1.165, 1.54) is 16.7 Å². The molecule has 0 saturated carbocycles. The second-order valence-electron chi connectivity index (χ2n) is 7.00. The maximum absolute atomic E-state index is 14.5. The van der Waals surface area contributed by atoms with Crippen molar-refractivity contribution >= 4 is 0 Å². The zero-order valence-corrected chi connectivity index (χ0v) is 16.1. The normalized spacial score (nSPS) is 22.8. The highest BCUT2D eigenvalue weighted by Gasteiger charge is 2.39. The number of nitrogens with zero attached hydrogens (tertiary/aromatic N) is 2. The van der Waals surface area contributed by atoms with Crippen LogP contribution in [0.2, 0.25) is 0 Å². The van der Waals surface area contributed by atoms with Crippen LogP contribution in [0.3, 0.4) is 0 Å². The van der Waals surface area contributed by atoms with Crippen LogP contribution in [0.25, 0.3) is 11.1 Å². The van der Waals surface area contributed by atoms with Gasteiger partial charge in [0, 0.05) is 24.9 Å². The zero-order chi connectivity index (χ0) is 19.0. The standard InChI is InChI=1S/C21H23FN2.C2H6/c1-21(11-13-23)12-14-24(16-20(21)22)15-17-7-9-19(10-8-17)18-5-3-2-4-6-18;1-2/h2-10,20H,11-12,14-16H2,1H3;1-2H3/t20-,21+;/m0./s1. The first-order valence-corrected chi connectivity index (χ1v) is 9.48. The van der Waals surface area contributed by atoms with Gasteiger partial charge in [-0.1, -0.05) is 75.4 Å². The summed E-state index contributed by atoms with van der Waals surface area (Å²) in [6, 6.07) is 20.9. The van der Waals surface area contributed by atoms with Gasteiger partial charge < -0.3 is 0 Å². The first kappa shape index (κ1) is 20.1. The lowest BCUT2D eigenvalue weighted by molar-refractivity contribution is 0.0186. The highest BCUT2D eigenvalue weighted by molar-refractivity contribution is 5.63. The first-order valence-electron chi connectivity index (χ1n) is 9.48. The van der Waals surface area contributed by atoms with Crippen LogP contribution in [0.4, 0.5) is 4.39 Å². The number of piperidine rings is 1. The van der Waals surface area contributed by atoms with Crippen LogP contribution in [-0.4, -0.2) is 24.2 Å². The summed E-state index contributed by atoms with van der Waals surface area (Å²) in [5, 5.41) is 8.89. The largest absolute Gasteiger partial charge is 0.296 e. The van der Waals surface area contributed by atoms with Crippen molar-refractivity contribution in [3.05, 3.63) is 60.2 Å². The Morgan fingerprint density at radius 1 is 1.08 bits per heavy atom. The molecule has 138 valence electrons. The molecule has 3 rings (SSSR count). The van der Waals surface area contributed by atoms with Gasteiger partial charge in [0.1, 0.15) is 6.17 Å². The molecule has 0 unspecified atom stereocenters. The number of likely N-dealkylation sites (tertiary alicyclic amines) is 1. The van der Waals surface area contributed by atoms with Crippen LogP contribution in [-0.2, 0) is 6.54 Å². The van der Waals surface area contributed by atoms with E-state index in [1.54, 1.807) is 0 Å². The number of nitriles is 1. The van der Waals surface area contributed by atoms with Crippen LogP contribution >= 0.6 is 0 Å². The Morgan fingerprint density at radius 2 is 1.69 bits per heavy atom. The molecule has 0 spiro atoms. The fourth-order valence-corrected chi connectivity index (χ4v) is 3.32. The van der Waals surface area contributed by atoms with Gasteiger partial charge in [0.05, 0.1) is 6.07 Å². The lowest BCUT2D eigenvalue weighted by atomic mass is 9.76. The molecule has 0 bridgehead atoms. The summed E-state index contributed by atoms with van der Waals surface area (Å²) in [4.78, 5) is 2.15. The lowest BCUT2D eigenvalue weighted by Gasteiger charge is -2.41. The van der Waals surface area contributed by atoms with Crippen molar-refractivity contribution in [1.29, 1.82) is 5.26 Å². The van der Waals surface area contributed by atoms with Crippen molar-refractivity contribution in [2.75, 3.05) is 13.1 Å². The number of hydrogen-bond donors (Lipinski definition) is 0. The minimum absolute atomic E-state index is 0.299. The molecule has 26 heavy (non-hydrogen) atoms. The summed E-state index contributed by atoms with van der Waals surface area (Å²) >= 11 is 0. The summed E-state index contributed by atoms with van der Waals surface area (Å²) in [6.45, 7) is 7.92. The average Bonchev–Trinajstić information content (AvgIpc) is 2.68. The van der Waals surface area contributed by atoms with Crippen LogP contribution in [0.5, 0.6) is 0 Å². The van der Waals surface area contributed by atoms with Crippen LogP contribution in [0.15, 0.2) is 54.6 Å². The Kier molecular flexibility index (Phi) is 7.36. The third kappa shape index (κ3) is 4.93. The summed E-state index contributed by atoms with van der Waals surface area (Å²) in [6.07, 6.45) is 0.104. The van der Waals surface area contributed by atoms with Crippen molar-refractivity contribution < 1.29 is 4.39 Å². The van der Waals surface area contributed by atoms with E-state index < -0.39 is 11.6 Å². The zero-order valence-electron chi connectivity index (χ0n) is 16.1. The molecule has 1 heterocycles. The Bertz CT molecular complexity index is 705. The van der Waals surface area contributed by atoms with Gasteiger partial charge >= 0.3 is 0 Å².